The molecule has 3 aliphatic carbocycles. The van der Waals surface area contributed by atoms with Gasteiger partial charge in [0.25, 0.3) is 5.91 Å². The molecule has 21 heteroatoms. The van der Waals surface area contributed by atoms with E-state index in [1.165, 1.54) is 10.5 Å². The number of rotatable bonds is 7. The molecule has 12 aromatic rings. The van der Waals surface area contributed by atoms with Crippen LogP contribution >= 0.6 is 0 Å². The van der Waals surface area contributed by atoms with Gasteiger partial charge in [-0.15, -0.1) is 0 Å². The third kappa shape index (κ3) is 11.7. The maximum absolute atomic E-state index is 12.3. The fraction of sp³-hybridized carbons (Fsp3) is 0.292. The lowest BCUT2D eigenvalue weighted by molar-refractivity contribution is -0.135. The lowest BCUT2D eigenvalue weighted by Crippen LogP contribution is -2.39. The quantitative estimate of drug-likeness (QED) is 0.111. The van der Waals surface area contributed by atoms with Crippen molar-refractivity contribution in [2.75, 3.05) is 26.5 Å². The van der Waals surface area contributed by atoms with Gasteiger partial charge in [-0.2, -0.15) is 0 Å². The van der Waals surface area contributed by atoms with Crippen LogP contribution in [0.2, 0.25) is 0 Å². The van der Waals surface area contributed by atoms with Gasteiger partial charge in [0, 0.05) is 63.5 Å². The summed E-state index contributed by atoms with van der Waals surface area (Å²) in [5, 5.41) is 32.3. The molecule has 470 valence electrons. The summed E-state index contributed by atoms with van der Waals surface area (Å²) in [4.78, 5) is 108. The molecule has 0 bridgehead atoms. The van der Waals surface area contributed by atoms with E-state index in [9.17, 15) is 43.2 Å². The summed E-state index contributed by atoms with van der Waals surface area (Å²) in [5.74, 6) is -1.58. The molecule has 4 unspecified atom stereocenters. The first-order valence-electron chi connectivity index (χ1n) is 31.0. The first kappa shape index (κ1) is 61.0. The van der Waals surface area contributed by atoms with Gasteiger partial charge >= 0.3 is 0 Å². The second-order valence-corrected chi connectivity index (χ2v) is 24.3. The summed E-state index contributed by atoms with van der Waals surface area (Å²) >= 11 is 0. The van der Waals surface area contributed by atoms with Crippen molar-refractivity contribution in [2.45, 2.75) is 115 Å². The van der Waals surface area contributed by atoms with Crippen molar-refractivity contribution in [2.24, 2.45) is 0 Å². The lowest BCUT2D eigenvalue weighted by Gasteiger charge is -2.18. The molecule has 16 rings (SSSR count). The molecular formula is C72H63N7O14. The van der Waals surface area contributed by atoms with Gasteiger partial charge < -0.3 is 32.7 Å². The second-order valence-electron chi connectivity index (χ2n) is 24.3. The number of fused-ring (bicyclic) bond motifs is 12. The molecule has 21 nitrogen and oxygen atoms in total. The molecule has 1 aliphatic heterocycles. The number of imide groups is 1. The fourth-order valence-electron chi connectivity index (χ4n) is 13.3. The molecule has 93 heavy (non-hydrogen) atoms. The number of amides is 3. The van der Waals surface area contributed by atoms with E-state index < -0.39 is 11.8 Å². The third-order valence-corrected chi connectivity index (χ3v) is 18.1. The first-order valence-corrected chi connectivity index (χ1v) is 31.0. The average Bonchev–Trinajstić information content (AvgIpc) is 1.81. The number of benzene rings is 7. The van der Waals surface area contributed by atoms with E-state index in [1.807, 2.05) is 80.7 Å². The summed E-state index contributed by atoms with van der Waals surface area (Å²) < 4.78 is 27.3. The van der Waals surface area contributed by atoms with E-state index >= 15 is 0 Å². The topological polar surface area (TPSA) is 298 Å². The van der Waals surface area contributed by atoms with Gasteiger partial charge in [0.2, 0.25) is 11.8 Å². The Morgan fingerprint density at radius 3 is 1.38 bits per heavy atom. The van der Waals surface area contributed by atoms with Crippen molar-refractivity contribution in [1.29, 1.82) is 0 Å². The largest absolute Gasteiger partial charge is 0.461 e. The minimum absolute atomic E-state index is 0.00763. The molecule has 2 N–H and O–H groups in total. The van der Waals surface area contributed by atoms with Gasteiger partial charge in [0.1, 0.15) is 68.8 Å². The van der Waals surface area contributed by atoms with Crippen molar-refractivity contribution >= 4 is 145 Å². The van der Waals surface area contributed by atoms with Crippen LogP contribution in [0, 0.1) is 6.92 Å². The van der Waals surface area contributed by atoms with Gasteiger partial charge in [-0.05, 0) is 138 Å². The number of hydrogen-bond donors (Lipinski definition) is 2. The molecule has 1 saturated heterocycles. The van der Waals surface area contributed by atoms with E-state index in [2.05, 4.69) is 62.4 Å². The SMILES string of the molecule is CCc1ccc2c(ccc3onc(C4CCC(=O)CC4=O)c32)c1.CN(C)C(=O)c1ccc2c(ccc3onc(C4CCC(=O)CC4=O)c32)c1.CNc1ccc2c(ccc3onc(C4CCC(=O)CC4=O)c32)c1.Cc1cc2c(ccc3onc(C4CCC(=O)NC4=O)c32)o1. The smallest absolute Gasteiger partial charge is 0.253 e. The molecule has 4 fully saturated rings. The highest BCUT2D eigenvalue weighted by Gasteiger charge is 2.37. The molecule has 3 amide bonds. The predicted molar refractivity (Wildman–Crippen MR) is 345 cm³/mol. The Hall–Kier alpha value is -10.8. The Labute approximate surface area is 529 Å². The molecule has 0 radical (unpaired) electrons. The Morgan fingerprint density at radius 1 is 0.495 bits per heavy atom. The van der Waals surface area contributed by atoms with Crippen molar-refractivity contribution in [3.05, 3.63) is 149 Å². The predicted octanol–water partition coefficient (Wildman–Crippen LogP) is 12.9. The van der Waals surface area contributed by atoms with E-state index in [1.54, 1.807) is 32.3 Å². The monoisotopic (exact) mass is 1250 g/mol. The second kappa shape index (κ2) is 25.1. The van der Waals surface area contributed by atoms with Crippen molar-refractivity contribution in [1.82, 2.24) is 30.8 Å². The normalized spacial score (nSPS) is 18.7. The fourth-order valence-corrected chi connectivity index (χ4v) is 13.3. The van der Waals surface area contributed by atoms with Crippen LogP contribution in [0.25, 0.3) is 87.2 Å². The molecule has 4 aliphatic rings. The molecule has 0 spiro atoms. The summed E-state index contributed by atoms with van der Waals surface area (Å²) in [6, 6.07) is 34.9. The van der Waals surface area contributed by atoms with Crippen LogP contribution in [-0.4, -0.2) is 99.1 Å². The van der Waals surface area contributed by atoms with Crippen LogP contribution in [-0.2, 0) is 44.8 Å². The number of ketones is 6. The maximum atomic E-state index is 12.3. The van der Waals surface area contributed by atoms with Crippen LogP contribution in [0.1, 0.15) is 146 Å². The zero-order valence-corrected chi connectivity index (χ0v) is 51.6. The Kier molecular flexibility index (Phi) is 16.5. The molecule has 5 aromatic heterocycles. The van der Waals surface area contributed by atoms with E-state index in [4.69, 9.17) is 22.5 Å². The number of hydrogen-bond acceptors (Lipinski definition) is 19. The number of nitrogens with zero attached hydrogens (tertiary/aromatic N) is 5. The van der Waals surface area contributed by atoms with Gasteiger partial charge in [-0.3, -0.25) is 48.5 Å². The summed E-state index contributed by atoms with van der Waals surface area (Å²) in [6.07, 6.45) is 4.49. The average molecular weight is 1250 g/mol. The maximum Gasteiger partial charge on any atom is 0.253 e. The Morgan fingerprint density at radius 2 is 0.914 bits per heavy atom. The highest BCUT2D eigenvalue weighted by atomic mass is 16.5. The molecule has 6 heterocycles. The Balaban J connectivity index is 0.000000113. The number of nitrogens with one attached hydrogen (secondary N) is 2. The van der Waals surface area contributed by atoms with Crippen molar-refractivity contribution < 1.29 is 65.7 Å². The first-order chi connectivity index (χ1) is 44.9. The zero-order valence-electron chi connectivity index (χ0n) is 51.6. The van der Waals surface area contributed by atoms with Gasteiger partial charge in [0.05, 0.1) is 64.5 Å². The number of aryl methyl sites for hydroxylation is 2. The number of carbonyl (C=O) groups excluding carboxylic acids is 9. The molecule has 3 saturated carbocycles. The van der Waals surface area contributed by atoms with Gasteiger partial charge in [-0.25, -0.2) is 0 Å². The van der Waals surface area contributed by atoms with Crippen molar-refractivity contribution in [3.8, 4) is 0 Å². The molecule has 7 aromatic carbocycles. The van der Waals surface area contributed by atoms with Crippen LogP contribution in [0.15, 0.2) is 132 Å². The van der Waals surface area contributed by atoms with Gasteiger partial charge in [0.15, 0.2) is 22.3 Å². The van der Waals surface area contributed by atoms with Crippen LogP contribution in [0.5, 0.6) is 0 Å². The number of aromatic nitrogens is 4. The van der Waals surface area contributed by atoms with Crippen LogP contribution < -0.4 is 10.6 Å². The van der Waals surface area contributed by atoms with E-state index in [0.717, 1.165) is 82.7 Å². The number of furan rings is 1. The minimum atomic E-state index is -0.468. The number of anilines is 1. The van der Waals surface area contributed by atoms with Gasteiger partial charge in [-0.1, -0.05) is 76.1 Å². The summed E-state index contributed by atoms with van der Waals surface area (Å²) in [7, 11) is 5.30. The standard InChI is InChI=1S/C20H18N2O4.C19H17NO3.C18H16N2O3.C15H12N2O4/c1-22(2)20(25)12-3-6-14-11(9-12)4-8-17-18(14)19(21-26-17)15-7-5-13(23)10-16(15)24;1-2-11-3-6-14-12(9-11)4-8-17-18(14)19(20-23-17)15-7-5-13(21)10-16(15)22;1-19-11-3-5-13-10(8-11)2-7-16-17(13)18(20-23-16)14-6-4-12(21)9-15(14)22;1-7-6-9-10(20-7)3-4-11-13(9)14(17-21-11)8-2-5-12(18)16-15(8)19/h3-4,6,8-9,15H,5,7,10H2,1-2H3;3-4,6,8-9,15H,2,5,7,10H2,1H3;2-3,5,7-8,14,19H,4,6,9H2,1H3;3-4,6,8H,2,5H2,1H3,(H,16,18,19). The van der Waals surface area contributed by atoms with Crippen LogP contribution in [0.4, 0.5) is 5.69 Å². The summed E-state index contributed by atoms with van der Waals surface area (Å²) in [6.45, 7) is 3.99. The number of piperidine rings is 1. The molecule has 4 atom stereocenters. The van der Waals surface area contributed by atoms with E-state index in [0.29, 0.717) is 102 Å². The van der Waals surface area contributed by atoms with Crippen LogP contribution in [0.3, 0.4) is 0 Å². The number of carbonyl (C=O) groups is 9. The zero-order chi connectivity index (χ0) is 64.9. The third-order valence-electron chi connectivity index (χ3n) is 18.1. The highest BCUT2D eigenvalue weighted by Crippen LogP contribution is 2.42. The van der Waals surface area contributed by atoms with Crippen molar-refractivity contribution in [3.63, 3.8) is 0 Å². The number of Topliss-reactive ketones (excluding diaryl/α,β-unsaturated/α-hetero) is 6. The minimum Gasteiger partial charge on any atom is -0.461 e. The van der Waals surface area contributed by atoms with E-state index in [-0.39, 0.29) is 83.5 Å². The lowest BCUT2D eigenvalue weighted by atomic mass is 9.83. The molecular weight excluding hydrogens is 1190 g/mol. The highest BCUT2D eigenvalue weighted by molar-refractivity contribution is 6.15. The Bertz CT molecular complexity index is 4940. The summed E-state index contributed by atoms with van der Waals surface area (Å²) in [5.41, 5.74) is 8.73.